The molecular formula is C30H22Cl2Hf. The quantitative estimate of drug-likeness (QED) is 0.302. The van der Waals surface area contributed by atoms with Crippen molar-refractivity contribution in [3.63, 3.8) is 0 Å². The van der Waals surface area contributed by atoms with E-state index in [1.807, 2.05) is 0 Å². The molecule has 0 spiro atoms. The number of benzene rings is 4. The molecule has 4 aromatic rings. The molecule has 33 heavy (non-hydrogen) atoms. The summed E-state index contributed by atoms with van der Waals surface area (Å²) in [5.41, 5.74) is 10.9. The summed E-state index contributed by atoms with van der Waals surface area (Å²) in [5.74, 6) is 0.605. The van der Waals surface area contributed by atoms with Gasteiger partial charge in [0.05, 0.1) is 0 Å². The maximum absolute atomic E-state index is 2.34. The Hall–Kier alpha value is -2.19. The second-order valence-corrected chi connectivity index (χ2v) is 8.11. The molecule has 0 aliphatic heterocycles. The minimum absolute atomic E-state index is 0. The van der Waals surface area contributed by atoms with Crippen LogP contribution in [0.15, 0.2) is 109 Å². The average molecular weight is 632 g/mol. The van der Waals surface area contributed by atoms with Crippen LogP contribution in [0.25, 0.3) is 23.3 Å². The van der Waals surface area contributed by atoms with E-state index < -0.39 is 0 Å². The molecule has 0 nitrogen and oxygen atoms in total. The number of fused-ring (bicyclic) bond motifs is 2. The van der Waals surface area contributed by atoms with Crippen LogP contribution in [0.5, 0.6) is 0 Å². The number of hydrogen-bond acceptors (Lipinski definition) is 0. The van der Waals surface area contributed by atoms with Crippen LogP contribution in [-0.2, 0) is 25.8 Å². The van der Waals surface area contributed by atoms with Crippen molar-refractivity contribution in [3.05, 3.63) is 143 Å². The van der Waals surface area contributed by atoms with Crippen molar-refractivity contribution in [1.82, 2.24) is 0 Å². The molecule has 6 rings (SSSR count). The fourth-order valence-corrected chi connectivity index (χ4v) is 5.07. The Morgan fingerprint density at radius 2 is 0.727 bits per heavy atom. The van der Waals surface area contributed by atoms with E-state index in [9.17, 15) is 0 Å². The molecule has 2 unspecified atom stereocenters. The standard InChI is InChI=1S/C30H22.2ClH.Hf/c1-3-11-23-21(9-1)17-19-29(23)27-15-7-5-13-25(27)26-14-6-8-16-28(26)30-20-18-22-10-2-4-12-24(22)30;;;/h1-20,29-30H;2*1H;/q;;;+2/p-2. The van der Waals surface area contributed by atoms with Gasteiger partial charge in [-0.1, -0.05) is 121 Å². The summed E-state index contributed by atoms with van der Waals surface area (Å²) in [4.78, 5) is 0. The fraction of sp³-hybridized carbons (Fsp3) is 0.0667. The summed E-state index contributed by atoms with van der Waals surface area (Å²) in [6, 6.07) is 35.3. The molecule has 160 valence electrons. The van der Waals surface area contributed by atoms with Crippen LogP contribution in [0.4, 0.5) is 0 Å². The van der Waals surface area contributed by atoms with Gasteiger partial charge in [-0.05, 0) is 44.5 Å². The molecule has 2 atom stereocenters. The van der Waals surface area contributed by atoms with E-state index in [1.165, 1.54) is 44.5 Å². The fourth-order valence-electron chi connectivity index (χ4n) is 5.07. The zero-order valence-corrected chi connectivity index (χ0v) is 23.1. The molecule has 0 aromatic heterocycles. The minimum Gasteiger partial charge on any atom is -1.00 e. The van der Waals surface area contributed by atoms with E-state index in [4.69, 9.17) is 0 Å². The molecule has 0 saturated heterocycles. The third-order valence-corrected chi connectivity index (χ3v) is 6.48. The normalized spacial score (nSPS) is 16.7. The Morgan fingerprint density at radius 3 is 1.15 bits per heavy atom. The third-order valence-electron chi connectivity index (χ3n) is 6.48. The van der Waals surface area contributed by atoms with Gasteiger partial charge in [0.15, 0.2) is 0 Å². The van der Waals surface area contributed by atoms with Gasteiger partial charge in [0, 0.05) is 11.8 Å². The molecule has 3 heteroatoms. The van der Waals surface area contributed by atoms with E-state index >= 15 is 0 Å². The summed E-state index contributed by atoms with van der Waals surface area (Å²) >= 11 is 0. The number of rotatable bonds is 3. The van der Waals surface area contributed by atoms with Gasteiger partial charge in [-0.3, -0.25) is 0 Å². The molecular weight excluding hydrogens is 610 g/mol. The first kappa shape index (κ1) is 25.4. The number of allylic oxidation sites excluding steroid dienone is 2. The van der Waals surface area contributed by atoms with E-state index in [1.54, 1.807) is 0 Å². The van der Waals surface area contributed by atoms with Crippen molar-refractivity contribution in [1.29, 1.82) is 0 Å². The van der Waals surface area contributed by atoms with Gasteiger partial charge >= 0.3 is 25.8 Å². The molecule has 0 bridgehead atoms. The Balaban J connectivity index is 0.00000102. The van der Waals surface area contributed by atoms with E-state index in [0.29, 0.717) is 11.8 Å². The van der Waals surface area contributed by atoms with Crippen molar-refractivity contribution >= 4 is 12.2 Å². The maximum Gasteiger partial charge on any atom is 2.00 e. The molecule has 2 aliphatic rings. The second-order valence-electron chi connectivity index (χ2n) is 8.11. The first-order chi connectivity index (χ1) is 14.9. The zero-order valence-electron chi connectivity index (χ0n) is 18.0. The van der Waals surface area contributed by atoms with Crippen LogP contribution in [0.1, 0.15) is 45.2 Å². The van der Waals surface area contributed by atoms with Gasteiger partial charge in [0.1, 0.15) is 0 Å². The first-order valence-corrected chi connectivity index (χ1v) is 10.6. The molecule has 4 aromatic carbocycles. The van der Waals surface area contributed by atoms with Gasteiger partial charge in [-0.2, -0.15) is 0 Å². The topological polar surface area (TPSA) is 0 Å². The summed E-state index contributed by atoms with van der Waals surface area (Å²) in [6.45, 7) is 0. The Kier molecular flexibility index (Phi) is 8.34. The molecule has 2 aliphatic carbocycles. The van der Waals surface area contributed by atoms with Gasteiger partial charge in [0.25, 0.3) is 0 Å². The van der Waals surface area contributed by atoms with Crippen molar-refractivity contribution in [2.45, 2.75) is 11.8 Å². The van der Waals surface area contributed by atoms with Crippen molar-refractivity contribution < 1.29 is 50.7 Å². The van der Waals surface area contributed by atoms with Crippen LogP contribution in [0.3, 0.4) is 0 Å². The third kappa shape index (κ3) is 4.47. The second kappa shape index (κ2) is 10.8. The van der Waals surface area contributed by atoms with Crippen molar-refractivity contribution in [2.24, 2.45) is 0 Å². The Labute approximate surface area is 227 Å². The largest absolute Gasteiger partial charge is 2.00 e. The van der Waals surface area contributed by atoms with E-state index in [0.717, 1.165) is 0 Å². The number of hydrogen-bond donors (Lipinski definition) is 0. The smallest absolute Gasteiger partial charge is 1.00 e. The Bertz CT molecular complexity index is 1220. The van der Waals surface area contributed by atoms with Gasteiger partial charge in [0.2, 0.25) is 0 Å². The molecule has 0 heterocycles. The first-order valence-electron chi connectivity index (χ1n) is 10.6. The van der Waals surface area contributed by atoms with Crippen molar-refractivity contribution in [3.8, 4) is 11.1 Å². The van der Waals surface area contributed by atoms with Gasteiger partial charge in [-0.15, -0.1) is 0 Å². The van der Waals surface area contributed by atoms with Gasteiger partial charge < -0.3 is 24.8 Å². The number of halogens is 2. The molecule has 0 saturated carbocycles. The van der Waals surface area contributed by atoms with Crippen molar-refractivity contribution in [2.75, 3.05) is 0 Å². The maximum atomic E-state index is 2.34. The predicted octanol–water partition coefficient (Wildman–Crippen LogP) is 1.68. The Morgan fingerprint density at radius 1 is 0.394 bits per heavy atom. The molecule has 0 fully saturated rings. The predicted molar refractivity (Wildman–Crippen MR) is 127 cm³/mol. The molecule has 0 N–H and O–H groups in total. The molecule has 0 radical (unpaired) electrons. The van der Waals surface area contributed by atoms with Gasteiger partial charge in [-0.25, -0.2) is 0 Å². The SMILES string of the molecule is C1=CC(c2ccccc2-c2ccccc2C2C=Cc3ccccc32)c2ccccc21.[Cl-].[Cl-].[Hf+2]. The van der Waals surface area contributed by atoms with Crippen LogP contribution in [0.2, 0.25) is 0 Å². The summed E-state index contributed by atoms with van der Waals surface area (Å²) in [5, 5.41) is 0. The minimum atomic E-state index is 0. The summed E-state index contributed by atoms with van der Waals surface area (Å²) in [7, 11) is 0. The monoisotopic (exact) mass is 632 g/mol. The van der Waals surface area contributed by atoms with Crippen LogP contribution in [-0.4, -0.2) is 0 Å². The summed E-state index contributed by atoms with van der Waals surface area (Å²) < 4.78 is 0. The van der Waals surface area contributed by atoms with E-state index in [-0.39, 0.29) is 50.7 Å². The van der Waals surface area contributed by atoms with Crippen LogP contribution in [0, 0.1) is 0 Å². The average Bonchev–Trinajstić information content (AvgIpc) is 3.44. The molecule has 0 amide bonds. The summed E-state index contributed by atoms with van der Waals surface area (Å²) in [6.07, 6.45) is 9.21. The van der Waals surface area contributed by atoms with Crippen LogP contribution < -0.4 is 24.8 Å². The van der Waals surface area contributed by atoms with E-state index in [2.05, 4.69) is 121 Å². The zero-order chi connectivity index (χ0) is 19.9. The van der Waals surface area contributed by atoms with Crippen LogP contribution >= 0.6 is 0 Å².